The lowest BCUT2D eigenvalue weighted by Gasteiger charge is -2.17. The predicted molar refractivity (Wildman–Crippen MR) is 81.8 cm³/mol. The molecule has 0 aromatic heterocycles. The summed E-state index contributed by atoms with van der Waals surface area (Å²) in [7, 11) is -3.67. The van der Waals surface area contributed by atoms with Gasteiger partial charge in [0.25, 0.3) is 0 Å². The van der Waals surface area contributed by atoms with E-state index in [0.717, 1.165) is 12.8 Å². The van der Waals surface area contributed by atoms with Crippen molar-refractivity contribution >= 4 is 37.6 Å². The Balaban J connectivity index is 2.97. The minimum absolute atomic E-state index is 0.0617. The number of nitrogens with two attached hydrogens (primary N) is 1. The second kappa shape index (κ2) is 7.59. The molecule has 0 saturated carbocycles. The molecule has 1 aromatic rings. The van der Waals surface area contributed by atoms with E-state index in [2.05, 4.69) is 20.7 Å². The van der Waals surface area contributed by atoms with Crippen LogP contribution in [0.4, 0.5) is 0 Å². The van der Waals surface area contributed by atoms with Gasteiger partial charge in [-0.15, -0.1) is 0 Å². The van der Waals surface area contributed by atoms with Crippen LogP contribution in [0.3, 0.4) is 0 Å². The van der Waals surface area contributed by atoms with Gasteiger partial charge in [-0.2, -0.15) is 0 Å². The van der Waals surface area contributed by atoms with Crippen molar-refractivity contribution in [1.82, 2.24) is 4.72 Å². The molecule has 0 bridgehead atoms. The molecule has 108 valence electrons. The van der Waals surface area contributed by atoms with Crippen molar-refractivity contribution < 1.29 is 8.42 Å². The molecule has 1 aromatic carbocycles. The number of hydrogen-bond donors (Lipinski definition) is 2. The van der Waals surface area contributed by atoms with E-state index in [0.29, 0.717) is 10.9 Å². The lowest BCUT2D eigenvalue weighted by molar-refractivity contribution is 0.516. The first-order valence-corrected chi connectivity index (χ1v) is 8.74. The minimum Gasteiger partial charge on any atom is -0.329 e. The fourth-order valence-electron chi connectivity index (χ4n) is 1.69. The number of rotatable bonds is 7. The topological polar surface area (TPSA) is 72.2 Å². The molecule has 4 nitrogen and oxygen atoms in total. The molecule has 0 spiro atoms. The largest absolute Gasteiger partial charge is 0.329 e. The van der Waals surface area contributed by atoms with Gasteiger partial charge >= 0.3 is 0 Å². The van der Waals surface area contributed by atoms with Crippen LogP contribution in [0.1, 0.15) is 26.2 Å². The van der Waals surface area contributed by atoms with Gasteiger partial charge in [-0.05, 0) is 34.5 Å². The van der Waals surface area contributed by atoms with Gasteiger partial charge in [-0.3, -0.25) is 0 Å². The Morgan fingerprint density at radius 3 is 2.68 bits per heavy atom. The summed E-state index contributed by atoms with van der Waals surface area (Å²) in [5, 5.41) is 0.188. The second-order valence-corrected chi connectivity index (χ2v) is 7.16. The Bertz CT molecular complexity index is 502. The van der Waals surface area contributed by atoms with Crippen molar-refractivity contribution in [3.8, 4) is 0 Å². The van der Waals surface area contributed by atoms with Gasteiger partial charge in [0.2, 0.25) is 10.0 Å². The van der Waals surface area contributed by atoms with Crippen LogP contribution in [0.25, 0.3) is 0 Å². The lowest BCUT2D eigenvalue weighted by atomic mass is 10.1. The van der Waals surface area contributed by atoms with E-state index < -0.39 is 10.0 Å². The maximum atomic E-state index is 12.3. The number of benzene rings is 1. The number of unbranched alkanes of at least 4 members (excludes halogenated alkanes) is 1. The molecule has 0 aliphatic carbocycles. The number of halogens is 2. The van der Waals surface area contributed by atoms with Crippen molar-refractivity contribution in [3.05, 3.63) is 27.7 Å². The van der Waals surface area contributed by atoms with Crippen LogP contribution < -0.4 is 10.5 Å². The Morgan fingerprint density at radius 2 is 2.16 bits per heavy atom. The molecule has 0 saturated heterocycles. The summed E-state index contributed by atoms with van der Waals surface area (Å²) in [5.74, 6) is 0. The Hall–Kier alpha value is -0.140. The highest BCUT2D eigenvalue weighted by Gasteiger charge is 2.24. The fourth-order valence-corrected chi connectivity index (χ4v) is 4.71. The summed E-state index contributed by atoms with van der Waals surface area (Å²) < 4.78 is 27.7. The Labute approximate surface area is 127 Å². The fraction of sp³-hybridized carbons (Fsp3) is 0.500. The van der Waals surface area contributed by atoms with Crippen LogP contribution in [-0.4, -0.2) is 21.0 Å². The quantitative estimate of drug-likeness (QED) is 0.776. The molecule has 19 heavy (non-hydrogen) atoms. The molecular formula is C12H18BrClN2O2S. The highest BCUT2D eigenvalue weighted by atomic mass is 79.9. The summed E-state index contributed by atoms with van der Waals surface area (Å²) in [6.07, 6.45) is 2.64. The maximum Gasteiger partial charge on any atom is 0.243 e. The number of sulfonamides is 1. The summed E-state index contributed by atoms with van der Waals surface area (Å²) in [5.41, 5.74) is 5.60. The van der Waals surface area contributed by atoms with E-state index in [-0.39, 0.29) is 22.5 Å². The molecule has 1 atom stereocenters. The molecule has 3 N–H and O–H groups in total. The molecule has 0 radical (unpaired) electrons. The van der Waals surface area contributed by atoms with Crippen LogP contribution in [0, 0.1) is 0 Å². The monoisotopic (exact) mass is 368 g/mol. The Morgan fingerprint density at radius 1 is 1.47 bits per heavy atom. The zero-order chi connectivity index (χ0) is 14.5. The van der Waals surface area contributed by atoms with Gasteiger partial charge in [-0.25, -0.2) is 13.1 Å². The van der Waals surface area contributed by atoms with Crippen molar-refractivity contribution in [3.63, 3.8) is 0 Å². The van der Waals surface area contributed by atoms with E-state index >= 15 is 0 Å². The van der Waals surface area contributed by atoms with Gasteiger partial charge in [0.1, 0.15) is 4.90 Å². The normalized spacial score (nSPS) is 13.5. The molecule has 0 heterocycles. The van der Waals surface area contributed by atoms with Crippen LogP contribution in [0.2, 0.25) is 5.02 Å². The highest BCUT2D eigenvalue weighted by Crippen LogP contribution is 2.29. The maximum absolute atomic E-state index is 12.3. The van der Waals surface area contributed by atoms with Crippen LogP contribution >= 0.6 is 27.5 Å². The molecule has 0 aliphatic heterocycles. The van der Waals surface area contributed by atoms with E-state index in [1.165, 1.54) is 0 Å². The third kappa shape index (κ3) is 4.72. The molecule has 1 rings (SSSR count). The number of hydrogen-bond acceptors (Lipinski definition) is 3. The van der Waals surface area contributed by atoms with E-state index in [1.807, 2.05) is 6.92 Å². The van der Waals surface area contributed by atoms with Crippen LogP contribution in [0.15, 0.2) is 27.6 Å². The lowest BCUT2D eigenvalue weighted by Crippen LogP contribution is -2.40. The average Bonchev–Trinajstić information content (AvgIpc) is 2.33. The summed E-state index contributed by atoms with van der Waals surface area (Å²) >= 11 is 9.18. The second-order valence-electron chi connectivity index (χ2n) is 4.25. The van der Waals surface area contributed by atoms with Gasteiger partial charge in [0.15, 0.2) is 0 Å². The van der Waals surface area contributed by atoms with Crippen molar-refractivity contribution in [2.45, 2.75) is 37.1 Å². The predicted octanol–water partition coefficient (Wildman–Crippen LogP) is 2.90. The number of nitrogens with one attached hydrogen (secondary N) is 1. The summed E-state index contributed by atoms with van der Waals surface area (Å²) in [6, 6.07) is 4.60. The van der Waals surface area contributed by atoms with E-state index in [9.17, 15) is 8.42 Å². The molecule has 0 fully saturated rings. The van der Waals surface area contributed by atoms with Crippen molar-refractivity contribution in [1.29, 1.82) is 0 Å². The Kier molecular flexibility index (Phi) is 6.76. The highest BCUT2D eigenvalue weighted by molar-refractivity contribution is 9.10. The molecule has 0 amide bonds. The van der Waals surface area contributed by atoms with E-state index in [4.69, 9.17) is 17.3 Å². The van der Waals surface area contributed by atoms with Crippen LogP contribution in [-0.2, 0) is 10.0 Å². The molecule has 0 aliphatic rings. The van der Waals surface area contributed by atoms with Crippen LogP contribution in [0.5, 0.6) is 0 Å². The summed E-state index contributed by atoms with van der Waals surface area (Å²) in [6.45, 7) is 2.31. The first kappa shape index (κ1) is 16.9. The SMILES string of the molecule is CCCCC(CN)NS(=O)(=O)c1c(Cl)cccc1Br. The zero-order valence-electron chi connectivity index (χ0n) is 10.7. The smallest absolute Gasteiger partial charge is 0.243 e. The summed E-state index contributed by atoms with van der Waals surface area (Å²) in [4.78, 5) is 0.0617. The molecule has 7 heteroatoms. The van der Waals surface area contributed by atoms with Gasteiger partial charge in [0.05, 0.1) is 5.02 Å². The van der Waals surface area contributed by atoms with Gasteiger partial charge in [-0.1, -0.05) is 37.4 Å². The minimum atomic E-state index is -3.67. The molecular weight excluding hydrogens is 352 g/mol. The first-order chi connectivity index (χ1) is 8.92. The third-order valence-electron chi connectivity index (χ3n) is 2.70. The third-order valence-corrected chi connectivity index (χ3v) is 5.67. The molecule has 1 unspecified atom stereocenters. The van der Waals surface area contributed by atoms with E-state index in [1.54, 1.807) is 18.2 Å². The zero-order valence-corrected chi connectivity index (χ0v) is 13.9. The average molecular weight is 370 g/mol. The van der Waals surface area contributed by atoms with Gasteiger partial charge < -0.3 is 5.73 Å². The van der Waals surface area contributed by atoms with Crippen molar-refractivity contribution in [2.24, 2.45) is 5.73 Å². The first-order valence-electron chi connectivity index (χ1n) is 6.08. The standard InChI is InChI=1S/C12H18BrClN2O2S/c1-2-3-5-9(8-15)16-19(17,18)12-10(13)6-4-7-11(12)14/h4,6-7,9,16H,2-3,5,8,15H2,1H3. The van der Waals surface area contributed by atoms with Gasteiger partial charge in [0, 0.05) is 17.1 Å². The van der Waals surface area contributed by atoms with Crippen molar-refractivity contribution in [2.75, 3.05) is 6.54 Å².